The van der Waals surface area contributed by atoms with Gasteiger partial charge in [0.15, 0.2) is 6.07 Å². The number of anilines is 2. The summed E-state index contributed by atoms with van der Waals surface area (Å²) in [6, 6.07) is 19.4. The lowest BCUT2D eigenvalue weighted by Crippen LogP contribution is -1.89. The molecule has 0 unspecified atom stereocenters. The molecule has 2 rings (SSSR count). The van der Waals surface area contributed by atoms with E-state index in [0.29, 0.717) is 0 Å². The number of nitriles is 1. The summed E-state index contributed by atoms with van der Waals surface area (Å²) < 4.78 is 0. The van der Waals surface area contributed by atoms with Crippen LogP contribution in [0.3, 0.4) is 0 Å². The molecule has 0 heterocycles. The fourth-order valence-electron chi connectivity index (χ4n) is 1.46. The van der Waals surface area contributed by atoms with Crippen LogP contribution >= 0.6 is 0 Å². The van der Waals surface area contributed by atoms with Gasteiger partial charge in [0, 0.05) is 22.9 Å². The molecule has 2 aromatic rings. The molecule has 0 amide bonds. The molecular weight excluding hydrogens is 208 g/mol. The van der Waals surface area contributed by atoms with Crippen LogP contribution in [0.5, 0.6) is 0 Å². The lowest BCUT2D eigenvalue weighted by molar-refractivity contribution is 1.53. The van der Waals surface area contributed by atoms with Crippen molar-refractivity contribution in [2.45, 2.75) is 0 Å². The van der Waals surface area contributed by atoms with Crippen molar-refractivity contribution in [3.8, 4) is 17.9 Å². The maximum Gasteiger partial charge on any atom is 0.152 e. The summed E-state index contributed by atoms with van der Waals surface area (Å²) in [4.78, 5) is 0. The van der Waals surface area contributed by atoms with Crippen molar-refractivity contribution in [2.75, 3.05) is 5.32 Å². The van der Waals surface area contributed by atoms with Gasteiger partial charge in [-0.15, -0.1) is 0 Å². The molecule has 80 valence electrons. The van der Waals surface area contributed by atoms with Crippen LogP contribution in [-0.4, -0.2) is 0 Å². The van der Waals surface area contributed by atoms with Gasteiger partial charge in [-0.2, -0.15) is 5.26 Å². The van der Waals surface area contributed by atoms with E-state index in [-0.39, 0.29) is 0 Å². The zero-order chi connectivity index (χ0) is 11.9. The first-order valence-corrected chi connectivity index (χ1v) is 5.21. The molecule has 0 fully saturated rings. The second-order valence-electron chi connectivity index (χ2n) is 3.43. The van der Waals surface area contributed by atoms with Crippen LogP contribution in [0.4, 0.5) is 11.4 Å². The third-order valence-corrected chi connectivity index (χ3v) is 2.19. The summed E-state index contributed by atoms with van der Waals surface area (Å²) in [5.74, 6) is 5.15. The minimum atomic E-state index is 0.826. The van der Waals surface area contributed by atoms with Gasteiger partial charge in [-0.25, -0.2) is 0 Å². The minimum Gasteiger partial charge on any atom is -0.355 e. The smallest absolute Gasteiger partial charge is 0.152 e. The van der Waals surface area contributed by atoms with E-state index >= 15 is 0 Å². The van der Waals surface area contributed by atoms with E-state index in [2.05, 4.69) is 17.2 Å². The van der Waals surface area contributed by atoms with Crippen LogP contribution in [0.15, 0.2) is 54.6 Å². The molecule has 1 N–H and O–H groups in total. The molecule has 0 aliphatic carbocycles. The number of hydrogen-bond donors (Lipinski definition) is 1. The Morgan fingerprint density at radius 3 is 2.41 bits per heavy atom. The summed E-state index contributed by atoms with van der Waals surface area (Å²) in [5.41, 5.74) is 2.81. The molecular formula is C15H10N2. The minimum absolute atomic E-state index is 0.826. The van der Waals surface area contributed by atoms with Crippen molar-refractivity contribution in [3.63, 3.8) is 0 Å². The van der Waals surface area contributed by atoms with Crippen LogP contribution in [0.2, 0.25) is 0 Å². The number of nitrogens with one attached hydrogen (secondary N) is 1. The molecule has 0 aliphatic heterocycles. The highest BCUT2D eigenvalue weighted by Crippen LogP contribution is 2.16. The van der Waals surface area contributed by atoms with Gasteiger partial charge in [0.2, 0.25) is 0 Å². The molecule has 2 nitrogen and oxygen atoms in total. The van der Waals surface area contributed by atoms with Crippen LogP contribution in [-0.2, 0) is 0 Å². The van der Waals surface area contributed by atoms with Crippen LogP contribution in [0.1, 0.15) is 5.56 Å². The highest BCUT2D eigenvalue weighted by Gasteiger charge is 1.94. The topological polar surface area (TPSA) is 35.8 Å². The second kappa shape index (κ2) is 5.39. The first-order valence-electron chi connectivity index (χ1n) is 5.21. The van der Waals surface area contributed by atoms with E-state index in [1.807, 2.05) is 54.6 Å². The van der Waals surface area contributed by atoms with E-state index in [9.17, 15) is 0 Å². The van der Waals surface area contributed by atoms with E-state index in [1.54, 1.807) is 6.07 Å². The Hall–Kier alpha value is -2.71. The van der Waals surface area contributed by atoms with Crippen molar-refractivity contribution < 1.29 is 0 Å². The van der Waals surface area contributed by atoms with Crippen LogP contribution in [0.25, 0.3) is 0 Å². The first-order chi connectivity index (χ1) is 8.38. The number of benzene rings is 2. The third kappa shape index (κ3) is 3.12. The molecule has 2 heteroatoms. The van der Waals surface area contributed by atoms with Crippen molar-refractivity contribution >= 4 is 11.4 Å². The van der Waals surface area contributed by atoms with Gasteiger partial charge in [-0.05, 0) is 30.3 Å². The molecule has 0 atom stereocenters. The van der Waals surface area contributed by atoms with Crippen LogP contribution < -0.4 is 5.32 Å². The number of para-hydroxylation sites is 1. The Bertz CT molecular complexity index is 598. The molecule has 2 aromatic carbocycles. The fraction of sp³-hybridized carbons (Fsp3) is 0. The normalized spacial score (nSPS) is 8.65. The molecule has 0 saturated heterocycles. The van der Waals surface area contributed by atoms with Gasteiger partial charge in [-0.3, -0.25) is 0 Å². The van der Waals surface area contributed by atoms with E-state index in [4.69, 9.17) is 5.26 Å². The van der Waals surface area contributed by atoms with Crippen molar-refractivity contribution in [1.29, 1.82) is 5.26 Å². The third-order valence-electron chi connectivity index (χ3n) is 2.19. The highest BCUT2D eigenvalue weighted by atomic mass is 14.9. The van der Waals surface area contributed by atoms with E-state index in [0.717, 1.165) is 16.9 Å². The summed E-state index contributed by atoms with van der Waals surface area (Å²) in [6.07, 6.45) is 0. The van der Waals surface area contributed by atoms with Gasteiger partial charge >= 0.3 is 0 Å². The lowest BCUT2D eigenvalue weighted by Gasteiger charge is -2.05. The van der Waals surface area contributed by atoms with Gasteiger partial charge < -0.3 is 5.32 Å². The summed E-state index contributed by atoms with van der Waals surface area (Å²) in [6.45, 7) is 0. The zero-order valence-electron chi connectivity index (χ0n) is 9.14. The Labute approximate surface area is 101 Å². The molecule has 0 radical (unpaired) electrons. The molecule has 17 heavy (non-hydrogen) atoms. The fourth-order valence-corrected chi connectivity index (χ4v) is 1.46. The summed E-state index contributed by atoms with van der Waals surface area (Å²) in [7, 11) is 0. The Morgan fingerprint density at radius 2 is 1.65 bits per heavy atom. The quantitative estimate of drug-likeness (QED) is 0.785. The van der Waals surface area contributed by atoms with E-state index in [1.165, 1.54) is 0 Å². The summed E-state index contributed by atoms with van der Waals surface area (Å²) >= 11 is 0. The maximum absolute atomic E-state index is 8.39. The average Bonchev–Trinajstić information content (AvgIpc) is 2.38. The highest BCUT2D eigenvalue weighted by molar-refractivity contribution is 5.61. The van der Waals surface area contributed by atoms with Crippen molar-refractivity contribution in [3.05, 3.63) is 60.2 Å². The van der Waals surface area contributed by atoms with Crippen molar-refractivity contribution in [2.24, 2.45) is 0 Å². The maximum atomic E-state index is 8.39. The molecule has 0 bridgehead atoms. The van der Waals surface area contributed by atoms with E-state index < -0.39 is 0 Å². The molecule has 0 saturated carbocycles. The number of hydrogen-bond acceptors (Lipinski definition) is 2. The number of rotatable bonds is 2. The monoisotopic (exact) mass is 218 g/mol. The van der Waals surface area contributed by atoms with Gasteiger partial charge in [-0.1, -0.05) is 30.2 Å². The lowest BCUT2D eigenvalue weighted by atomic mass is 10.2. The SMILES string of the molecule is N#CC#Cc1cccc(Nc2ccccc2)c1. The Balaban J connectivity index is 2.20. The molecule has 0 aromatic heterocycles. The Kier molecular flexibility index (Phi) is 3.43. The average molecular weight is 218 g/mol. The standard InChI is InChI=1S/C15H10N2/c16-11-5-7-13-6-4-10-15(12-13)17-14-8-2-1-3-9-14/h1-4,6,8-10,12,17H. The van der Waals surface area contributed by atoms with Gasteiger partial charge in [0.25, 0.3) is 0 Å². The van der Waals surface area contributed by atoms with Gasteiger partial charge in [0.1, 0.15) is 0 Å². The van der Waals surface area contributed by atoms with Crippen molar-refractivity contribution in [1.82, 2.24) is 0 Å². The van der Waals surface area contributed by atoms with Gasteiger partial charge in [0.05, 0.1) is 0 Å². The molecule has 0 spiro atoms. The largest absolute Gasteiger partial charge is 0.355 e. The predicted octanol–water partition coefficient (Wildman–Crippen LogP) is 3.31. The summed E-state index contributed by atoms with van der Waals surface area (Å²) in [5, 5.41) is 11.7. The predicted molar refractivity (Wildman–Crippen MR) is 68.7 cm³/mol. The zero-order valence-corrected chi connectivity index (χ0v) is 9.14. The van der Waals surface area contributed by atoms with Crippen LogP contribution in [0, 0.1) is 23.2 Å². The first kappa shape index (κ1) is 10.8. The molecule has 0 aliphatic rings. The number of nitrogens with zero attached hydrogens (tertiary/aromatic N) is 1. The second-order valence-corrected chi connectivity index (χ2v) is 3.43. The Morgan fingerprint density at radius 1 is 0.882 bits per heavy atom.